The van der Waals surface area contributed by atoms with Crippen molar-refractivity contribution in [1.82, 2.24) is 18.7 Å². The lowest BCUT2D eigenvalue weighted by Gasteiger charge is -2.10. The van der Waals surface area contributed by atoms with E-state index < -0.39 is 11.2 Å². The van der Waals surface area contributed by atoms with E-state index in [0.29, 0.717) is 10.7 Å². The van der Waals surface area contributed by atoms with Gasteiger partial charge in [0, 0.05) is 19.7 Å². The molecule has 7 nitrogen and oxygen atoms in total. The van der Waals surface area contributed by atoms with Gasteiger partial charge in [0.25, 0.3) is 5.56 Å². The van der Waals surface area contributed by atoms with Crippen LogP contribution in [0.2, 0.25) is 0 Å². The van der Waals surface area contributed by atoms with Crippen molar-refractivity contribution < 1.29 is 9.18 Å². The van der Waals surface area contributed by atoms with E-state index in [-0.39, 0.29) is 35.1 Å². The van der Waals surface area contributed by atoms with E-state index in [2.05, 4.69) is 4.98 Å². The van der Waals surface area contributed by atoms with E-state index in [1.165, 1.54) is 35.5 Å². The predicted octanol–water partition coefficient (Wildman–Crippen LogP) is 3.21. The zero-order chi connectivity index (χ0) is 23.9. The fourth-order valence-corrected chi connectivity index (χ4v) is 4.47. The first-order chi connectivity index (χ1) is 15.7. The molecule has 170 valence electrons. The first kappa shape index (κ1) is 22.7. The third kappa shape index (κ3) is 4.28. The maximum Gasteiger partial charge on any atom is 0.332 e. The first-order valence-corrected chi connectivity index (χ1v) is 11.3. The number of aromatic nitrogens is 4. The van der Waals surface area contributed by atoms with Gasteiger partial charge in [0.1, 0.15) is 5.82 Å². The Kier molecular flexibility index (Phi) is 6.07. The lowest BCUT2D eigenvalue weighted by Crippen LogP contribution is -2.37. The Morgan fingerprint density at radius 2 is 1.70 bits per heavy atom. The summed E-state index contributed by atoms with van der Waals surface area (Å²) in [6, 6.07) is 11.5. The molecule has 0 fully saturated rings. The average Bonchev–Trinajstić information content (AvgIpc) is 3.16. The van der Waals surface area contributed by atoms with Gasteiger partial charge < -0.3 is 4.57 Å². The van der Waals surface area contributed by atoms with Crippen LogP contribution >= 0.6 is 11.8 Å². The van der Waals surface area contributed by atoms with Crippen molar-refractivity contribution in [3.63, 3.8) is 0 Å². The fraction of sp³-hybridized carbons (Fsp3) is 0.250. The molecule has 9 heteroatoms. The molecule has 2 heterocycles. The minimum absolute atomic E-state index is 0.0646. The van der Waals surface area contributed by atoms with Gasteiger partial charge in [-0.1, -0.05) is 36.0 Å². The zero-order valence-corrected chi connectivity index (χ0v) is 19.6. The molecule has 0 amide bonds. The molecule has 4 aromatic rings. The van der Waals surface area contributed by atoms with E-state index >= 15 is 0 Å². The minimum Gasteiger partial charge on any atom is -0.309 e. The average molecular weight is 467 g/mol. The summed E-state index contributed by atoms with van der Waals surface area (Å²) in [6.07, 6.45) is 0. The highest BCUT2D eigenvalue weighted by Gasteiger charge is 2.21. The van der Waals surface area contributed by atoms with Crippen LogP contribution in [-0.2, 0) is 20.6 Å². The first-order valence-electron chi connectivity index (χ1n) is 10.3. The normalized spacial score (nSPS) is 11.3. The molecular formula is C24H23FN4O3S. The van der Waals surface area contributed by atoms with Crippen LogP contribution < -0.4 is 11.2 Å². The van der Waals surface area contributed by atoms with E-state index in [1.54, 1.807) is 29.8 Å². The van der Waals surface area contributed by atoms with Gasteiger partial charge in [-0.3, -0.25) is 18.7 Å². The summed E-state index contributed by atoms with van der Waals surface area (Å²) in [5.74, 6) is -0.310. The summed E-state index contributed by atoms with van der Waals surface area (Å²) >= 11 is 1.20. The molecule has 0 N–H and O–H groups in total. The van der Waals surface area contributed by atoms with Gasteiger partial charge in [0.2, 0.25) is 0 Å². The highest BCUT2D eigenvalue weighted by atomic mass is 32.2. The van der Waals surface area contributed by atoms with Crippen molar-refractivity contribution >= 4 is 28.7 Å². The lowest BCUT2D eigenvalue weighted by atomic mass is 10.0. The smallest absolute Gasteiger partial charge is 0.309 e. The third-order valence-electron chi connectivity index (χ3n) is 5.73. The van der Waals surface area contributed by atoms with Gasteiger partial charge in [0.15, 0.2) is 22.1 Å². The number of benzene rings is 2. The number of hydrogen-bond donors (Lipinski definition) is 0. The fourth-order valence-electron chi connectivity index (χ4n) is 3.58. The monoisotopic (exact) mass is 466 g/mol. The van der Waals surface area contributed by atoms with Crippen molar-refractivity contribution in [3.05, 3.63) is 91.4 Å². The van der Waals surface area contributed by atoms with Crippen LogP contribution in [0.1, 0.15) is 27.0 Å². The number of carbonyl (C=O) groups excluding carboxylic acids is 1. The Hall–Kier alpha value is -3.46. The molecule has 0 aliphatic carbocycles. The molecule has 0 unspecified atom stereocenters. The standard InChI is InChI=1S/C24H23FN4O3S/c1-14-5-8-17(11-15(14)2)19(30)13-33-23-26-21-20(22(31)28(4)24(32)27(21)3)29(23)12-16-6-9-18(25)10-7-16/h5-11H,12-13H2,1-4H3. The van der Waals surface area contributed by atoms with Crippen LogP contribution in [0.4, 0.5) is 4.39 Å². The molecule has 0 spiro atoms. The van der Waals surface area contributed by atoms with E-state index in [1.807, 2.05) is 26.0 Å². The van der Waals surface area contributed by atoms with Crippen LogP contribution in [0.3, 0.4) is 0 Å². The van der Waals surface area contributed by atoms with Crippen LogP contribution in [0, 0.1) is 19.7 Å². The van der Waals surface area contributed by atoms with Gasteiger partial charge >= 0.3 is 5.69 Å². The number of ketones is 1. The molecule has 0 aliphatic rings. The number of carbonyl (C=O) groups is 1. The number of thioether (sulfide) groups is 1. The second kappa shape index (κ2) is 8.82. The minimum atomic E-state index is -0.485. The third-order valence-corrected chi connectivity index (χ3v) is 6.70. The second-order valence-electron chi connectivity index (χ2n) is 8.00. The molecule has 0 radical (unpaired) electrons. The van der Waals surface area contributed by atoms with Crippen LogP contribution in [-0.4, -0.2) is 30.2 Å². The topological polar surface area (TPSA) is 78.9 Å². The molecule has 4 rings (SSSR count). The molecule has 2 aromatic heterocycles. The maximum atomic E-state index is 13.4. The lowest BCUT2D eigenvalue weighted by molar-refractivity contribution is 0.102. The number of imidazole rings is 1. The van der Waals surface area contributed by atoms with Crippen LogP contribution in [0.25, 0.3) is 11.2 Å². The SMILES string of the molecule is Cc1ccc(C(=O)CSc2nc3c(c(=O)n(C)c(=O)n3C)n2Cc2ccc(F)cc2)cc1C. The number of rotatable bonds is 6. The second-order valence-corrected chi connectivity index (χ2v) is 8.94. The Morgan fingerprint density at radius 3 is 2.36 bits per heavy atom. The quantitative estimate of drug-likeness (QED) is 0.322. The van der Waals surface area contributed by atoms with Crippen molar-refractivity contribution in [3.8, 4) is 0 Å². The molecule has 0 saturated carbocycles. The van der Waals surface area contributed by atoms with Crippen molar-refractivity contribution in [1.29, 1.82) is 0 Å². The number of aryl methyl sites for hydroxylation is 3. The molecule has 0 saturated heterocycles. The maximum absolute atomic E-state index is 13.4. The van der Waals surface area contributed by atoms with Crippen molar-refractivity contribution in [2.75, 3.05) is 5.75 Å². The van der Waals surface area contributed by atoms with Crippen molar-refractivity contribution in [2.24, 2.45) is 14.1 Å². The van der Waals surface area contributed by atoms with E-state index in [0.717, 1.165) is 21.3 Å². The number of Topliss-reactive ketones (excluding diaryl/α,β-unsaturated/α-hetero) is 1. The van der Waals surface area contributed by atoms with Crippen LogP contribution in [0.15, 0.2) is 57.2 Å². The Labute approximate surface area is 193 Å². The molecule has 0 bridgehead atoms. The summed E-state index contributed by atoms with van der Waals surface area (Å²) in [5, 5.41) is 0.435. The Balaban J connectivity index is 1.76. The highest BCUT2D eigenvalue weighted by molar-refractivity contribution is 7.99. The number of nitrogens with zero attached hydrogens (tertiary/aromatic N) is 4. The van der Waals surface area contributed by atoms with Gasteiger partial charge in [-0.2, -0.15) is 0 Å². The number of hydrogen-bond acceptors (Lipinski definition) is 5. The highest BCUT2D eigenvalue weighted by Crippen LogP contribution is 2.24. The van der Waals surface area contributed by atoms with E-state index in [9.17, 15) is 18.8 Å². The van der Waals surface area contributed by atoms with Gasteiger partial charge in [-0.05, 0) is 48.7 Å². The molecule has 2 aromatic carbocycles. The molecule has 0 aliphatic heterocycles. The summed E-state index contributed by atoms with van der Waals surface area (Å²) in [5.41, 5.74) is 3.04. The number of halogens is 1. The Bertz CT molecular complexity index is 1500. The molecule has 0 atom stereocenters. The number of fused-ring (bicyclic) bond motifs is 1. The van der Waals surface area contributed by atoms with Gasteiger partial charge in [-0.15, -0.1) is 0 Å². The summed E-state index contributed by atoms with van der Waals surface area (Å²) < 4.78 is 17.4. The van der Waals surface area contributed by atoms with Gasteiger partial charge in [0.05, 0.1) is 12.3 Å². The Morgan fingerprint density at radius 1 is 1.00 bits per heavy atom. The van der Waals surface area contributed by atoms with Crippen molar-refractivity contribution in [2.45, 2.75) is 25.5 Å². The largest absolute Gasteiger partial charge is 0.332 e. The van der Waals surface area contributed by atoms with E-state index in [4.69, 9.17) is 0 Å². The molecular weight excluding hydrogens is 443 g/mol. The summed E-state index contributed by atoms with van der Waals surface area (Å²) in [7, 11) is 2.96. The summed E-state index contributed by atoms with van der Waals surface area (Å²) in [6.45, 7) is 4.18. The summed E-state index contributed by atoms with van der Waals surface area (Å²) in [4.78, 5) is 42.7. The van der Waals surface area contributed by atoms with Crippen LogP contribution in [0.5, 0.6) is 0 Å². The zero-order valence-electron chi connectivity index (χ0n) is 18.8. The molecule has 33 heavy (non-hydrogen) atoms. The predicted molar refractivity (Wildman–Crippen MR) is 127 cm³/mol. The van der Waals surface area contributed by atoms with Gasteiger partial charge in [-0.25, -0.2) is 14.2 Å².